The molecule has 0 radical (unpaired) electrons. The van der Waals surface area contributed by atoms with Crippen LogP contribution < -0.4 is 20.5 Å². The van der Waals surface area contributed by atoms with Gasteiger partial charge in [0.25, 0.3) is 23.6 Å². The zero-order valence-electron chi connectivity index (χ0n) is 57.0. The van der Waals surface area contributed by atoms with Crippen LogP contribution >= 0.6 is 0 Å². The highest BCUT2D eigenvalue weighted by molar-refractivity contribution is 5.98. The standard InChI is InChI=1S/C45H44N4O7.C35H34N4O4/c1-29-7-11-31(12-8-29)32-15-17-33(18-16-32)42-47-43(56-48-42)34-13-9-30(10-14-34)27-49(28-41(51)55-45(2,3)4)44(52)35-19-21-37(22-20-35)46-40(50)26-36-25-38(53-5)23-24-39(36)54-6;1-23-5-9-25(10-6-23)26-13-15-27(16-14-26)32-37-33(43-38-32)28-11-7-24(8-12-28)21-39(22-31(40)42-35(2,3)4)34(41)29-17-19-30(36)20-18-29/h7-25H,26-28H2,1-6H3,(H,46,50);5-20H,21-22,36H2,1-4H3. The molecule has 0 aliphatic carbocycles. The zero-order chi connectivity index (χ0) is 70.4. The van der Waals surface area contributed by atoms with E-state index in [2.05, 4.69) is 88.0 Å². The van der Waals surface area contributed by atoms with E-state index < -0.39 is 23.1 Å². The van der Waals surface area contributed by atoms with Crippen LogP contribution in [-0.2, 0) is 43.4 Å². The fourth-order valence-corrected chi connectivity index (χ4v) is 10.5. The molecule has 2 aromatic heterocycles. The number of nitrogens with zero attached hydrogens (tertiary/aromatic N) is 6. The van der Waals surface area contributed by atoms with E-state index in [9.17, 15) is 24.0 Å². The summed E-state index contributed by atoms with van der Waals surface area (Å²) in [5.41, 5.74) is 18.5. The summed E-state index contributed by atoms with van der Waals surface area (Å²) in [5.74, 6) is 0.903. The van der Waals surface area contributed by atoms with Crippen LogP contribution in [0.3, 0.4) is 0 Å². The van der Waals surface area contributed by atoms with Gasteiger partial charge in [-0.1, -0.05) is 143 Å². The predicted octanol–water partition coefficient (Wildman–Crippen LogP) is 15.5. The molecular weight excluding hydrogens is 1250 g/mol. The Labute approximate surface area is 575 Å². The van der Waals surface area contributed by atoms with Crippen molar-refractivity contribution < 1.29 is 52.0 Å². The number of ether oxygens (including phenoxy) is 4. The van der Waals surface area contributed by atoms with E-state index in [0.29, 0.717) is 68.6 Å². The minimum absolute atomic E-state index is 0.0555. The van der Waals surface area contributed by atoms with Gasteiger partial charge in [-0.05, 0) is 180 Å². The summed E-state index contributed by atoms with van der Waals surface area (Å²) in [6, 6.07) is 66.0. The lowest BCUT2D eigenvalue weighted by molar-refractivity contribution is -0.156. The molecule has 0 unspecified atom stereocenters. The van der Waals surface area contributed by atoms with Crippen molar-refractivity contribution in [1.82, 2.24) is 30.1 Å². The Morgan fingerprint density at radius 2 is 0.828 bits per heavy atom. The van der Waals surface area contributed by atoms with Crippen molar-refractivity contribution in [3.8, 4) is 79.4 Å². The number of nitrogen functional groups attached to an aromatic ring is 1. The number of carbonyl (C=O) groups is 5. The lowest BCUT2D eigenvalue weighted by Crippen LogP contribution is -2.38. The number of amides is 3. The summed E-state index contributed by atoms with van der Waals surface area (Å²) >= 11 is 0. The van der Waals surface area contributed by atoms with Gasteiger partial charge in [-0.25, -0.2) is 0 Å². The van der Waals surface area contributed by atoms with Crippen molar-refractivity contribution in [2.24, 2.45) is 0 Å². The number of nitrogens with one attached hydrogen (secondary N) is 1. The Morgan fingerprint density at radius 1 is 0.455 bits per heavy atom. The summed E-state index contributed by atoms with van der Waals surface area (Å²) in [7, 11) is 3.10. The Kier molecular flexibility index (Phi) is 22.0. The normalized spacial score (nSPS) is 11.2. The maximum absolute atomic E-state index is 13.9. The van der Waals surface area contributed by atoms with Gasteiger partial charge in [0.2, 0.25) is 17.6 Å². The maximum Gasteiger partial charge on any atom is 0.326 e. The van der Waals surface area contributed by atoms with Gasteiger partial charge < -0.3 is 48.8 Å². The van der Waals surface area contributed by atoms with Crippen molar-refractivity contribution in [2.45, 2.75) is 86.1 Å². The largest absolute Gasteiger partial charge is 0.497 e. The predicted molar refractivity (Wildman–Crippen MR) is 381 cm³/mol. The van der Waals surface area contributed by atoms with E-state index >= 15 is 0 Å². The number of rotatable bonds is 21. The summed E-state index contributed by atoms with van der Waals surface area (Å²) in [5, 5.41) is 11.2. The molecule has 0 bridgehead atoms. The molecule has 3 amide bonds. The molecule has 19 nitrogen and oxygen atoms in total. The second-order valence-electron chi connectivity index (χ2n) is 25.7. The molecule has 3 N–H and O–H groups in total. The van der Waals surface area contributed by atoms with Gasteiger partial charge in [-0.2, -0.15) is 9.97 Å². The zero-order valence-corrected chi connectivity index (χ0v) is 57.0. The molecule has 504 valence electrons. The Hall–Kier alpha value is -12.0. The first-order valence-corrected chi connectivity index (χ1v) is 32.1. The smallest absolute Gasteiger partial charge is 0.326 e. The molecule has 19 heteroatoms. The van der Waals surface area contributed by atoms with Crippen LogP contribution in [0.2, 0.25) is 0 Å². The second kappa shape index (κ2) is 31.3. The topological polar surface area (TPSA) is 245 Å². The fourth-order valence-electron chi connectivity index (χ4n) is 10.5. The van der Waals surface area contributed by atoms with E-state index in [1.807, 2.05) is 97.1 Å². The number of esters is 2. The van der Waals surface area contributed by atoms with Crippen LogP contribution in [-0.4, -0.2) is 98.3 Å². The monoisotopic (exact) mass is 1330 g/mol. The Balaban J connectivity index is 0.000000222. The van der Waals surface area contributed by atoms with Gasteiger partial charge in [0.15, 0.2) is 0 Å². The molecule has 0 atom stereocenters. The molecule has 0 fully saturated rings. The number of nitrogens with two attached hydrogens (primary N) is 1. The molecule has 99 heavy (non-hydrogen) atoms. The third-order valence-corrected chi connectivity index (χ3v) is 15.5. The fraction of sp³-hybridized carbons (Fsp3) is 0.212. The van der Waals surface area contributed by atoms with Gasteiger partial charge in [0.1, 0.15) is 35.8 Å². The van der Waals surface area contributed by atoms with Crippen LogP contribution in [0.25, 0.3) is 67.9 Å². The summed E-state index contributed by atoms with van der Waals surface area (Å²) in [4.78, 5) is 77.8. The highest BCUT2D eigenvalue weighted by atomic mass is 16.6. The SMILES string of the molecule is COc1ccc(OC)c(CC(=O)Nc2ccc(C(=O)N(CC(=O)OC(C)(C)C)Cc3ccc(-c4nc(-c5ccc(-c6ccc(C)cc6)cc5)no4)cc3)cc2)c1.Cc1ccc(-c2ccc(-c3noc(-c4ccc(CN(CC(=O)OC(C)(C)C)C(=O)c5ccc(N)cc5)cc4)n3)cc2)cc1. The third kappa shape index (κ3) is 19.4. The summed E-state index contributed by atoms with van der Waals surface area (Å²) in [6.45, 7) is 14.7. The highest BCUT2D eigenvalue weighted by Gasteiger charge is 2.27. The van der Waals surface area contributed by atoms with Crippen molar-refractivity contribution in [3.63, 3.8) is 0 Å². The first-order valence-electron chi connectivity index (χ1n) is 32.1. The van der Waals surface area contributed by atoms with E-state index in [1.165, 1.54) is 20.9 Å². The number of hydrogen-bond acceptors (Lipinski definition) is 16. The first kappa shape index (κ1) is 69.8. The number of hydrogen-bond donors (Lipinski definition) is 2. The van der Waals surface area contributed by atoms with Crippen LogP contribution in [0, 0.1) is 13.8 Å². The summed E-state index contributed by atoms with van der Waals surface area (Å²) < 4.78 is 32.9. The molecule has 0 spiro atoms. The quantitative estimate of drug-likeness (QED) is 0.0502. The average Bonchev–Trinajstić information content (AvgIpc) is 1.72. The molecular formula is C80H78N8O11. The van der Waals surface area contributed by atoms with Crippen molar-refractivity contribution in [1.29, 1.82) is 0 Å². The van der Waals surface area contributed by atoms with Crippen molar-refractivity contribution in [2.75, 3.05) is 38.4 Å². The van der Waals surface area contributed by atoms with Gasteiger partial charge >= 0.3 is 11.9 Å². The van der Waals surface area contributed by atoms with Gasteiger partial charge in [0.05, 0.1) is 20.6 Å². The van der Waals surface area contributed by atoms with Gasteiger partial charge in [-0.15, -0.1) is 0 Å². The highest BCUT2D eigenvalue weighted by Crippen LogP contribution is 2.31. The molecule has 11 aromatic rings. The van der Waals surface area contributed by atoms with Gasteiger partial charge in [0, 0.05) is 63.4 Å². The number of aryl methyl sites for hydroxylation is 2. The molecule has 0 aliphatic heterocycles. The first-order chi connectivity index (χ1) is 47.4. The van der Waals surface area contributed by atoms with Crippen molar-refractivity contribution in [3.05, 3.63) is 251 Å². The Bertz CT molecular complexity index is 4580. The number of aromatic nitrogens is 4. The third-order valence-electron chi connectivity index (χ3n) is 15.5. The maximum atomic E-state index is 13.9. The van der Waals surface area contributed by atoms with E-state index in [-0.39, 0.29) is 50.3 Å². The number of methoxy groups -OCH3 is 2. The van der Waals surface area contributed by atoms with Crippen LogP contribution in [0.4, 0.5) is 11.4 Å². The van der Waals surface area contributed by atoms with Crippen molar-refractivity contribution >= 4 is 41.0 Å². The summed E-state index contributed by atoms with van der Waals surface area (Å²) in [6.07, 6.45) is 0.0555. The number of anilines is 2. The molecule has 2 heterocycles. The molecule has 0 saturated carbocycles. The minimum Gasteiger partial charge on any atom is -0.497 e. The molecule has 11 rings (SSSR count). The lowest BCUT2D eigenvalue weighted by Gasteiger charge is -2.25. The average molecular weight is 1330 g/mol. The van der Waals surface area contributed by atoms with E-state index in [4.69, 9.17) is 33.7 Å². The Morgan fingerprint density at radius 3 is 1.21 bits per heavy atom. The molecule has 0 aliphatic rings. The van der Waals surface area contributed by atoms with E-state index in [0.717, 1.165) is 50.1 Å². The van der Waals surface area contributed by atoms with Crippen LogP contribution in [0.5, 0.6) is 11.5 Å². The number of benzene rings is 9. The van der Waals surface area contributed by atoms with Crippen LogP contribution in [0.15, 0.2) is 221 Å². The molecule has 9 aromatic carbocycles. The number of carbonyl (C=O) groups excluding carboxylic acids is 5. The minimum atomic E-state index is -0.728. The van der Waals surface area contributed by atoms with Crippen LogP contribution in [0.1, 0.15) is 90.1 Å². The van der Waals surface area contributed by atoms with E-state index in [1.54, 1.807) is 122 Å². The lowest BCUT2D eigenvalue weighted by atomic mass is 10.0. The second-order valence-corrected chi connectivity index (χ2v) is 25.7. The molecule has 0 saturated heterocycles. The van der Waals surface area contributed by atoms with Gasteiger partial charge in [-0.3, -0.25) is 24.0 Å².